The molecule has 0 atom stereocenters. The van der Waals surface area contributed by atoms with Gasteiger partial charge in [-0.05, 0) is 46.1 Å². The predicted octanol–water partition coefficient (Wildman–Crippen LogP) is 3.03. The minimum absolute atomic E-state index is 0.329. The number of hydrogen-bond donors (Lipinski definition) is 0. The summed E-state index contributed by atoms with van der Waals surface area (Å²) in [7, 11) is -0.352. The van der Waals surface area contributed by atoms with E-state index in [4.69, 9.17) is 14.0 Å². The van der Waals surface area contributed by atoms with Gasteiger partial charge in [0.1, 0.15) is 5.75 Å². The Kier molecular flexibility index (Phi) is 3.98. The largest absolute Gasteiger partial charge is 0.494 e. The van der Waals surface area contributed by atoms with E-state index in [0.29, 0.717) is 6.61 Å². The highest BCUT2D eigenvalue weighted by atomic mass is 16.7. The third-order valence-corrected chi connectivity index (χ3v) is 4.08. The predicted molar refractivity (Wildman–Crippen MR) is 83.4 cm³/mol. The van der Waals surface area contributed by atoms with Gasteiger partial charge in [-0.15, -0.1) is 0 Å². The minimum Gasteiger partial charge on any atom is -0.493 e. The lowest BCUT2D eigenvalue weighted by molar-refractivity contribution is 0.00578. The van der Waals surface area contributed by atoms with E-state index in [2.05, 4.69) is 34.3 Å². The van der Waals surface area contributed by atoms with Crippen molar-refractivity contribution in [3.8, 4) is 5.75 Å². The zero-order chi connectivity index (χ0) is 15.0. The molecule has 0 spiro atoms. The quantitative estimate of drug-likeness (QED) is 0.790. The topological polar surface area (TPSA) is 27.7 Å². The van der Waals surface area contributed by atoms with E-state index in [0.717, 1.165) is 16.8 Å². The van der Waals surface area contributed by atoms with Crippen molar-refractivity contribution in [2.75, 3.05) is 6.61 Å². The van der Waals surface area contributed by atoms with Gasteiger partial charge in [0, 0.05) is 5.56 Å². The van der Waals surface area contributed by atoms with Crippen molar-refractivity contribution in [3.05, 3.63) is 30.3 Å². The van der Waals surface area contributed by atoms with Gasteiger partial charge in [-0.3, -0.25) is 0 Å². The summed E-state index contributed by atoms with van der Waals surface area (Å²) < 4.78 is 17.7. The molecule has 0 aromatic heterocycles. The zero-order valence-corrected chi connectivity index (χ0v) is 13.0. The van der Waals surface area contributed by atoms with Crippen molar-refractivity contribution in [2.24, 2.45) is 0 Å². The second-order valence-corrected chi connectivity index (χ2v) is 6.02. The maximum atomic E-state index is 6.05. The maximum Gasteiger partial charge on any atom is 0.494 e. The molecule has 0 unspecified atom stereocenters. The van der Waals surface area contributed by atoms with Crippen LogP contribution in [0.5, 0.6) is 5.75 Å². The van der Waals surface area contributed by atoms with Crippen LogP contribution in [-0.2, 0) is 9.31 Å². The highest BCUT2D eigenvalue weighted by Gasteiger charge is 2.51. The lowest BCUT2D eigenvalue weighted by Crippen LogP contribution is -2.41. The van der Waals surface area contributed by atoms with E-state index >= 15 is 0 Å². The number of hydrogen-bond acceptors (Lipinski definition) is 3. The Morgan fingerprint density at radius 1 is 1.20 bits per heavy atom. The van der Waals surface area contributed by atoms with Gasteiger partial charge >= 0.3 is 7.12 Å². The highest BCUT2D eigenvalue weighted by Crippen LogP contribution is 2.36. The Balaban J connectivity index is 2.29. The molecule has 1 heterocycles. The van der Waals surface area contributed by atoms with Crippen molar-refractivity contribution >= 4 is 18.7 Å². The van der Waals surface area contributed by atoms with E-state index in [9.17, 15) is 0 Å². The summed E-state index contributed by atoms with van der Waals surface area (Å²) in [6, 6.07) is 5.95. The zero-order valence-electron chi connectivity index (χ0n) is 13.0. The molecule has 1 aliphatic rings. The van der Waals surface area contributed by atoms with E-state index in [-0.39, 0.29) is 18.3 Å². The van der Waals surface area contributed by atoms with Crippen LogP contribution in [0.4, 0.5) is 0 Å². The molecule has 3 nitrogen and oxygen atoms in total. The molecular formula is C16H23BO3. The van der Waals surface area contributed by atoms with E-state index in [1.54, 1.807) is 6.08 Å². The van der Waals surface area contributed by atoms with Crippen LogP contribution in [0.3, 0.4) is 0 Å². The summed E-state index contributed by atoms with van der Waals surface area (Å²) >= 11 is 0. The maximum absolute atomic E-state index is 6.05. The van der Waals surface area contributed by atoms with Crippen molar-refractivity contribution < 1.29 is 14.0 Å². The molecule has 0 amide bonds. The number of rotatable bonds is 4. The van der Waals surface area contributed by atoms with Crippen LogP contribution >= 0.6 is 0 Å². The van der Waals surface area contributed by atoms with Gasteiger partial charge in [0.05, 0.1) is 17.8 Å². The molecule has 4 heteroatoms. The Morgan fingerprint density at radius 3 is 2.30 bits per heavy atom. The third kappa shape index (κ3) is 2.63. The molecule has 108 valence electrons. The number of benzene rings is 1. The van der Waals surface area contributed by atoms with Gasteiger partial charge in [-0.1, -0.05) is 24.8 Å². The van der Waals surface area contributed by atoms with Gasteiger partial charge in [-0.25, -0.2) is 0 Å². The van der Waals surface area contributed by atoms with Crippen molar-refractivity contribution in [1.29, 1.82) is 0 Å². The molecule has 0 saturated carbocycles. The average molecular weight is 274 g/mol. The summed E-state index contributed by atoms with van der Waals surface area (Å²) in [5.41, 5.74) is 1.29. The van der Waals surface area contributed by atoms with Crippen LogP contribution in [0.2, 0.25) is 0 Å². The molecule has 1 aliphatic heterocycles. The van der Waals surface area contributed by atoms with Crippen LogP contribution in [0.15, 0.2) is 24.8 Å². The standard InChI is InChI=1S/C16H23BO3/c1-7-12-11-13(9-10-14(12)18-8-2)17-19-15(3,4)16(5,6)20-17/h7,9-11H,1,8H2,2-6H3. The Morgan fingerprint density at radius 2 is 1.80 bits per heavy atom. The fourth-order valence-corrected chi connectivity index (χ4v) is 2.14. The lowest BCUT2D eigenvalue weighted by Gasteiger charge is -2.32. The summed E-state index contributed by atoms with van der Waals surface area (Å²) in [4.78, 5) is 0. The molecule has 1 aromatic rings. The second kappa shape index (κ2) is 5.26. The SMILES string of the molecule is C=Cc1cc(B2OC(C)(C)C(C)(C)O2)ccc1OCC. The van der Waals surface area contributed by atoms with Crippen LogP contribution in [0.25, 0.3) is 6.08 Å². The molecule has 1 fully saturated rings. The smallest absolute Gasteiger partial charge is 0.493 e. The molecule has 1 aromatic carbocycles. The first-order chi connectivity index (χ1) is 9.30. The van der Waals surface area contributed by atoms with Crippen molar-refractivity contribution in [1.82, 2.24) is 0 Å². The highest BCUT2D eigenvalue weighted by molar-refractivity contribution is 6.62. The summed E-state index contributed by atoms with van der Waals surface area (Å²) in [6.45, 7) is 14.6. The van der Waals surface area contributed by atoms with Gasteiger partial charge in [0.25, 0.3) is 0 Å². The monoisotopic (exact) mass is 274 g/mol. The molecule has 2 rings (SSSR count). The van der Waals surface area contributed by atoms with Gasteiger partial charge in [0.2, 0.25) is 0 Å². The van der Waals surface area contributed by atoms with Crippen LogP contribution in [-0.4, -0.2) is 24.9 Å². The molecule has 0 bridgehead atoms. The first-order valence-electron chi connectivity index (χ1n) is 7.05. The molecule has 0 aliphatic carbocycles. The van der Waals surface area contributed by atoms with Gasteiger partial charge in [-0.2, -0.15) is 0 Å². The molecule has 1 saturated heterocycles. The summed E-state index contributed by atoms with van der Waals surface area (Å²) in [5, 5.41) is 0. The molecule has 0 radical (unpaired) electrons. The number of ether oxygens (including phenoxy) is 1. The fraction of sp³-hybridized carbons (Fsp3) is 0.500. The normalized spacial score (nSPS) is 19.9. The lowest BCUT2D eigenvalue weighted by atomic mass is 9.78. The fourth-order valence-electron chi connectivity index (χ4n) is 2.14. The second-order valence-electron chi connectivity index (χ2n) is 6.02. The third-order valence-electron chi connectivity index (χ3n) is 4.08. The molecular weight excluding hydrogens is 251 g/mol. The van der Waals surface area contributed by atoms with E-state index in [1.807, 2.05) is 25.1 Å². The first kappa shape index (κ1) is 15.1. The van der Waals surface area contributed by atoms with Crippen LogP contribution < -0.4 is 10.2 Å². The summed E-state index contributed by atoms with van der Waals surface area (Å²) in [6.07, 6.45) is 1.79. The molecule has 20 heavy (non-hydrogen) atoms. The minimum atomic E-state index is -0.352. The van der Waals surface area contributed by atoms with Crippen LogP contribution in [0, 0.1) is 0 Å². The summed E-state index contributed by atoms with van der Waals surface area (Å²) in [5.74, 6) is 0.836. The van der Waals surface area contributed by atoms with Crippen molar-refractivity contribution in [2.45, 2.75) is 45.8 Å². The van der Waals surface area contributed by atoms with Crippen LogP contribution in [0.1, 0.15) is 40.2 Å². The first-order valence-corrected chi connectivity index (χ1v) is 7.05. The van der Waals surface area contributed by atoms with Gasteiger partial charge < -0.3 is 14.0 Å². The average Bonchev–Trinajstić information content (AvgIpc) is 2.59. The molecule has 0 N–H and O–H groups in total. The Hall–Kier alpha value is -1.26. The Labute approximate surface area is 122 Å². The van der Waals surface area contributed by atoms with Gasteiger partial charge in [0.15, 0.2) is 0 Å². The Bertz CT molecular complexity index is 492. The van der Waals surface area contributed by atoms with E-state index in [1.165, 1.54) is 0 Å². The van der Waals surface area contributed by atoms with Crippen molar-refractivity contribution in [3.63, 3.8) is 0 Å². The van der Waals surface area contributed by atoms with E-state index < -0.39 is 0 Å².